The lowest BCUT2D eigenvalue weighted by Gasteiger charge is -2.06. The lowest BCUT2D eigenvalue weighted by atomic mass is 10.1. The summed E-state index contributed by atoms with van der Waals surface area (Å²) in [7, 11) is 0. The van der Waals surface area contributed by atoms with Crippen molar-refractivity contribution in [3.8, 4) is 11.5 Å². The Kier molecular flexibility index (Phi) is 25.7. The molecule has 0 aromatic heterocycles. The highest BCUT2D eigenvalue weighted by Gasteiger charge is 2.02. The Morgan fingerprint density at radius 2 is 0.694 bits per heavy atom. The second kappa shape index (κ2) is 29.9. The van der Waals surface area contributed by atoms with E-state index in [1.165, 1.54) is 116 Å². The summed E-state index contributed by atoms with van der Waals surface area (Å²) < 4.78 is 11.8. The van der Waals surface area contributed by atoms with E-state index in [4.69, 9.17) is 9.47 Å². The van der Waals surface area contributed by atoms with E-state index >= 15 is 0 Å². The zero-order valence-corrected chi connectivity index (χ0v) is 31.3. The van der Waals surface area contributed by atoms with Gasteiger partial charge in [0.05, 0.1) is 24.6 Å². The largest absolute Gasteiger partial charge is 0.494 e. The van der Waals surface area contributed by atoms with Crippen LogP contribution in [0.4, 0.5) is 11.4 Å². The van der Waals surface area contributed by atoms with Gasteiger partial charge in [0.15, 0.2) is 0 Å². The summed E-state index contributed by atoms with van der Waals surface area (Å²) in [5, 5.41) is 6.58. The summed E-state index contributed by atoms with van der Waals surface area (Å²) in [6, 6.07) is 14.2. The lowest BCUT2D eigenvalue weighted by Crippen LogP contribution is -2.11. The van der Waals surface area contributed by atoms with Crippen molar-refractivity contribution in [2.24, 2.45) is 0 Å². The third-order valence-electron chi connectivity index (χ3n) is 9.18. The molecule has 0 fully saturated rings. The molecular formula is C43H70N2O4. The molecule has 0 amide bonds. The minimum absolute atomic E-state index is 0.0257. The summed E-state index contributed by atoms with van der Waals surface area (Å²) >= 11 is 0. The standard InChI is InChI=1S/C43H70N2O4/c1-3-5-7-9-11-13-15-17-19-24-36-48-38-26-30-40(42(46)32-28-38)44-34-22-21-23-35-45-41-31-27-39(29-33-43(41)47)49-37-25-20-18-16-14-12-10-8-6-4-2/h26-33H,3-25,34-37H2,1-2H3,(H,44,46)(H,45,47). The number of anilines is 2. The fourth-order valence-corrected chi connectivity index (χ4v) is 6.02. The van der Waals surface area contributed by atoms with Gasteiger partial charge in [-0.2, -0.15) is 0 Å². The maximum atomic E-state index is 12.5. The zero-order valence-electron chi connectivity index (χ0n) is 31.3. The maximum absolute atomic E-state index is 12.5. The molecule has 0 aliphatic heterocycles. The topological polar surface area (TPSA) is 76.7 Å². The Hall–Kier alpha value is -3.02. The Morgan fingerprint density at radius 1 is 0.388 bits per heavy atom. The highest BCUT2D eigenvalue weighted by atomic mass is 16.5. The predicted molar refractivity (Wildman–Crippen MR) is 211 cm³/mol. The van der Waals surface area contributed by atoms with Gasteiger partial charge in [0, 0.05) is 13.1 Å². The molecule has 2 aromatic carbocycles. The van der Waals surface area contributed by atoms with Crippen LogP contribution in [0, 0.1) is 0 Å². The number of hydrogen-bond acceptors (Lipinski definition) is 6. The molecule has 6 heteroatoms. The summed E-state index contributed by atoms with van der Waals surface area (Å²) in [5.41, 5.74) is 1.15. The van der Waals surface area contributed by atoms with Crippen molar-refractivity contribution in [3.05, 3.63) is 69.0 Å². The summed E-state index contributed by atoms with van der Waals surface area (Å²) in [4.78, 5) is 25.1. The first-order valence-corrected chi connectivity index (χ1v) is 20.2. The molecule has 2 aromatic rings. The van der Waals surface area contributed by atoms with Crippen LogP contribution in [0.3, 0.4) is 0 Å². The monoisotopic (exact) mass is 679 g/mol. The first-order valence-electron chi connectivity index (χ1n) is 20.2. The fourth-order valence-electron chi connectivity index (χ4n) is 6.02. The molecule has 0 aliphatic rings. The van der Waals surface area contributed by atoms with Crippen LogP contribution in [-0.2, 0) is 0 Å². The van der Waals surface area contributed by atoms with Gasteiger partial charge < -0.3 is 20.1 Å². The Morgan fingerprint density at radius 3 is 1.06 bits per heavy atom. The van der Waals surface area contributed by atoms with Gasteiger partial charge in [0.2, 0.25) is 10.9 Å². The van der Waals surface area contributed by atoms with E-state index in [0.29, 0.717) is 24.6 Å². The summed E-state index contributed by atoms with van der Waals surface area (Å²) in [5.74, 6) is 1.49. The molecule has 2 rings (SSSR count). The number of hydrogen-bond donors (Lipinski definition) is 2. The highest BCUT2D eigenvalue weighted by molar-refractivity contribution is 5.45. The van der Waals surface area contributed by atoms with Crippen LogP contribution in [-0.4, -0.2) is 26.3 Å². The molecule has 0 spiro atoms. The van der Waals surface area contributed by atoms with E-state index in [2.05, 4.69) is 24.5 Å². The average Bonchev–Trinajstić information content (AvgIpc) is 3.40. The van der Waals surface area contributed by atoms with Gasteiger partial charge in [-0.1, -0.05) is 129 Å². The SMILES string of the molecule is CCCCCCCCCCCCOc1ccc(NCCCCCNc2ccc(OCCCCCCCCCCCC)ccc2=O)c(=O)cc1. The van der Waals surface area contributed by atoms with Crippen molar-refractivity contribution in [2.75, 3.05) is 36.9 Å². The first-order chi connectivity index (χ1) is 24.1. The van der Waals surface area contributed by atoms with E-state index < -0.39 is 0 Å². The second-order valence-corrected chi connectivity index (χ2v) is 13.7. The molecule has 0 heterocycles. The van der Waals surface area contributed by atoms with Crippen LogP contribution in [0.15, 0.2) is 58.1 Å². The molecule has 2 N–H and O–H groups in total. The third-order valence-corrected chi connectivity index (χ3v) is 9.18. The molecule has 0 atom stereocenters. The van der Waals surface area contributed by atoms with Gasteiger partial charge in [-0.05, 0) is 80.6 Å². The molecule has 0 aliphatic carbocycles. The molecule has 0 bridgehead atoms. The molecule has 0 saturated carbocycles. The number of ether oxygens (including phenoxy) is 2. The van der Waals surface area contributed by atoms with Gasteiger partial charge in [-0.15, -0.1) is 0 Å². The second-order valence-electron chi connectivity index (χ2n) is 13.7. The van der Waals surface area contributed by atoms with Crippen LogP contribution >= 0.6 is 0 Å². The first kappa shape index (κ1) is 42.1. The van der Waals surface area contributed by atoms with Crippen LogP contribution in [0.5, 0.6) is 11.5 Å². The Balaban J connectivity index is 1.53. The van der Waals surface area contributed by atoms with Crippen molar-refractivity contribution in [2.45, 2.75) is 162 Å². The molecule has 0 unspecified atom stereocenters. The van der Waals surface area contributed by atoms with Crippen LogP contribution in [0.1, 0.15) is 162 Å². The van der Waals surface area contributed by atoms with Crippen molar-refractivity contribution < 1.29 is 9.47 Å². The summed E-state index contributed by atoms with van der Waals surface area (Å²) in [6.07, 6.45) is 28.9. The van der Waals surface area contributed by atoms with E-state index in [1.807, 2.05) is 24.3 Å². The number of rotatable bonds is 32. The minimum atomic E-state index is -0.0257. The maximum Gasteiger partial charge on any atom is 0.201 e. The van der Waals surface area contributed by atoms with Gasteiger partial charge in [-0.3, -0.25) is 9.59 Å². The lowest BCUT2D eigenvalue weighted by molar-refractivity contribution is 0.304. The number of nitrogens with one attached hydrogen (secondary N) is 2. The molecule has 276 valence electrons. The van der Waals surface area contributed by atoms with Gasteiger partial charge in [-0.25, -0.2) is 0 Å². The highest BCUT2D eigenvalue weighted by Crippen LogP contribution is 2.15. The fraction of sp³-hybridized carbons (Fsp3) is 0.674. The van der Waals surface area contributed by atoms with Gasteiger partial charge in [0.1, 0.15) is 11.5 Å². The molecule has 6 nitrogen and oxygen atoms in total. The zero-order chi connectivity index (χ0) is 35.0. The van der Waals surface area contributed by atoms with E-state index in [0.717, 1.165) is 56.7 Å². The normalized spacial score (nSPS) is 11.0. The molecule has 0 radical (unpaired) electrons. The smallest absolute Gasteiger partial charge is 0.201 e. The molecule has 49 heavy (non-hydrogen) atoms. The number of unbranched alkanes of at least 4 members (excludes halogenated alkanes) is 20. The average molecular weight is 679 g/mol. The van der Waals surface area contributed by atoms with Crippen LogP contribution in [0.25, 0.3) is 0 Å². The molecular weight excluding hydrogens is 608 g/mol. The van der Waals surface area contributed by atoms with Crippen molar-refractivity contribution >= 4 is 11.4 Å². The van der Waals surface area contributed by atoms with Crippen molar-refractivity contribution in [3.63, 3.8) is 0 Å². The van der Waals surface area contributed by atoms with Crippen molar-refractivity contribution in [1.82, 2.24) is 0 Å². The Labute approximate surface area is 299 Å². The van der Waals surface area contributed by atoms with E-state index in [9.17, 15) is 9.59 Å². The van der Waals surface area contributed by atoms with Gasteiger partial charge in [0.25, 0.3) is 0 Å². The predicted octanol–water partition coefficient (Wildman–Crippen LogP) is 11.7. The third kappa shape index (κ3) is 22.3. The van der Waals surface area contributed by atoms with Gasteiger partial charge >= 0.3 is 0 Å². The van der Waals surface area contributed by atoms with Crippen molar-refractivity contribution in [1.29, 1.82) is 0 Å². The minimum Gasteiger partial charge on any atom is -0.494 e. The Bertz CT molecular complexity index is 1110. The van der Waals surface area contributed by atoms with E-state index in [1.54, 1.807) is 24.3 Å². The van der Waals surface area contributed by atoms with Crippen LogP contribution < -0.4 is 31.0 Å². The van der Waals surface area contributed by atoms with E-state index in [-0.39, 0.29) is 10.9 Å². The molecule has 0 saturated heterocycles. The van der Waals surface area contributed by atoms with Crippen LogP contribution in [0.2, 0.25) is 0 Å². The summed E-state index contributed by atoms with van der Waals surface area (Å²) in [6.45, 7) is 7.35. The quantitative estimate of drug-likeness (QED) is 0.0750.